The van der Waals surface area contributed by atoms with Crippen molar-refractivity contribution in [2.75, 3.05) is 7.11 Å². The third-order valence-corrected chi connectivity index (χ3v) is 2.33. The van der Waals surface area contributed by atoms with Crippen LogP contribution in [0.5, 0.6) is 0 Å². The van der Waals surface area contributed by atoms with Crippen molar-refractivity contribution in [3.63, 3.8) is 0 Å². The van der Waals surface area contributed by atoms with E-state index in [2.05, 4.69) is 4.74 Å². The molecule has 0 bridgehead atoms. The van der Waals surface area contributed by atoms with Gasteiger partial charge >= 0.3 is 5.97 Å². The first-order valence-corrected chi connectivity index (χ1v) is 4.74. The van der Waals surface area contributed by atoms with Crippen LogP contribution in [0.15, 0.2) is 33.7 Å². The Balaban J connectivity index is 2.78. The maximum absolute atomic E-state index is 11.9. The van der Waals surface area contributed by atoms with Crippen LogP contribution in [0.25, 0.3) is 11.0 Å². The molecule has 82 valence electrons. The van der Waals surface area contributed by atoms with E-state index in [1.807, 2.05) is 13.0 Å². The monoisotopic (exact) mass is 218 g/mol. The summed E-state index contributed by atoms with van der Waals surface area (Å²) in [5.41, 5.74) is 0.947. The van der Waals surface area contributed by atoms with Gasteiger partial charge in [-0.1, -0.05) is 11.6 Å². The Morgan fingerprint density at radius 2 is 2.12 bits per heavy atom. The Bertz CT molecular complexity index is 610. The van der Waals surface area contributed by atoms with E-state index in [1.54, 1.807) is 12.1 Å². The Labute approximate surface area is 91.4 Å². The maximum atomic E-state index is 11.9. The van der Waals surface area contributed by atoms with Crippen LogP contribution in [-0.2, 0) is 4.74 Å². The minimum atomic E-state index is -0.683. The number of aryl methyl sites for hydroxylation is 1. The van der Waals surface area contributed by atoms with Crippen molar-refractivity contribution in [1.29, 1.82) is 0 Å². The second kappa shape index (κ2) is 3.81. The number of esters is 1. The molecule has 0 aliphatic carbocycles. The van der Waals surface area contributed by atoms with Gasteiger partial charge in [0, 0.05) is 0 Å². The lowest BCUT2D eigenvalue weighted by Gasteiger charge is -2.01. The molecule has 0 spiro atoms. The van der Waals surface area contributed by atoms with E-state index in [1.165, 1.54) is 7.11 Å². The fraction of sp³-hybridized carbons (Fsp3) is 0.167. The molecule has 0 aliphatic rings. The SMILES string of the molecule is COC(=O)c1coc2ccc(C)cc2c1=O. The Kier molecular flexibility index (Phi) is 2.48. The van der Waals surface area contributed by atoms with Gasteiger partial charge in [0.25, 0.3) is 0 Å². The summed E-state index contributed by atoms with van der Waals surface area (Å²) in [6, 6.07) is 5.23. The van der Waals surface area contributed by atoms with E-state index in [4.69, 9.17) is 4.42 Å². The summed E-state index contributed by atoms with van der Waals surface area (Å²) in [6.45, 7) is 1.86. The van der Waals surface area contributed by atoms with E-state index in [0.29, 0.717) is 11.0 Å². The lowest BCUT2D eigenvalue weighted by atomic mass is 10.1. The number of ether oxygens (including phenoxy) is 1. The maximum Gasteiger partial charge on any atom is 0.345 e. The van der Waals surface area contributed by atoms with Crippen molar-refractivity contribution in [3.8, 4) is 0 Å². The van der Waals surface area contributed by atoms with Crippen molar-refractivity contribution in [2.24, 2.45) is 0 Å². The highest BCUT2D eigenvalue weighted by Gasteiger charge is 2.14. The molecule has 0 amide bonds. The summed E-state index contributed by atoms with van der Waals surface area (Å²) in [6.07, 6.45) is 1.13. The van der Waals surface area contributed by atoms with Crippen LogP contribution in [0.2, 0.25) is 0 Å². The van der Waals surface area contributed by atoms with Crippen molar-refractivity contribution >= 4 is 16.9 Å². The van der Waals surface area contributed by atoms with Gasteiger partial charge < -0.3 is 9.15 Å². The number of methoxy groups -OCH3 is 1. The Morgan fingerprint density at radius 1 is 1.38 bits per heavy atom. The highest BCUT2D eigenvalue weighted by Crippen LogP contribution is 2.13. The molecule has 1 heterocycles. The summed E-state index contributed by atoms with van der Waals surface area (Å²) in [7, 11) is 1.22. The molecule has 0 N–H and O–H groups in total. The van der Waals surface area contributed by atoms with Gasteiger partial charge in [0.05, 0.1) is 12.5 Å². The average molecular weight is 218 g/mol. The van der Waals surface area contributed by atoms with Crippen molar-refractivity contribution < 1.29 is 13.9 Å². The number of rotatable bonds is 1. The highest BCUT2D eigenvalue weighted by molar-refractivity contribution is 5.92. The van der Waals surface area contributed by atoms with Gasteiger partial charge in [0.2, 0.25) is 5.43 Å². The molecule has 4 nitrogen and oxygen atoms in total. The fourth-order valence-corrected chi connectivity index (χ4v) is 1.50. The second-order valence-corrected chi connectivity index (χ2v) is 3.47. The lowest BCUT2D eigenvalue weighted by molar-refractivity contribution is 0.0597. The van der Waals surface area contributed by atoms with Crippen LogP contribution >= 0.6 is 0 Å². The van der Waals surface area contributed by atoms with Crippen LogP contribution in [0.3, 0.4) is 0 Å². The number of hydrogen-bond donors (Lipinski definition) is 0. The van der Waals surface area contributed by atoms with Crippen molar-refractivity contribution in [1.82, 2.24) is 0 Å². The molecular weight excluding hydrogens is 208 g/mol. The summed E-state index contributed by atoms with van der Waals surface area (Å²) >= 11 is 0. The van der Waals surface area contributed by atoms with Crippen LogP contribution < -0.4 is 5.43 Å². The minimum absolute atomic E-state index is 0.0828. The molecule has 4 heteroatoms. The molecule has 1 aromatic carbocycles. The van der Waals surface area contributed by atoms with Crippen LogP contribution in [0.1, 0.15) is 15.9 Å². The van der Waals surface area contributed by atoms with Crippen molar-refractivity contribution in [2.45, 2.75) is 6.92 Å². The molecular formula is C12H10O4. The first-order chi connectivity index (χ1) is 7.63. The van der Waals surface area contributed by atoms with Crippen LogP contribution in [0.4, 0.5) is 0 Å². The van der Waals surface area contributed by atoms with E-state index in [-0.39, 0.29) is 11.0 Å². The zero-order valence-corrected chi connectivity index (χ0v) is 8.94. The number of carbonyl (C=O) groups is 1. The predicted molar refractivity (Wildman–Crippen MR) is 58.6 cm³/mol. The predicted octanol–water partition coefficient (Wildman–Crippen LogP) is 1.89. The summed E-state index contributed by atoms with van der Waals surface area (Å²) in [5, 5.41) is 0.392. The van der Waals surface area contributed by atoms with E-state index < -0.39 is 5.97 Å². The lowest BCUT2D eigenvalue weighted by Crippen LogP contribution is -2.15. The Hall–Kier alpha value is -2.10. The molecule has 0 radical (unpaired) electrons. The van der Waals surface area contributed by atoms with Gasteiger partial charge in [-0.15, -0.1) is 0 Å². The van der Waals surface area contributed by atoms with Crippen molar-refractivity contribution in [3.05, 3.63) is 45.8 Å². The molecule has 2 aromatic rings. The molecule has 1 aromatic heterocycles. The van der Waals surface area contributed by atoms with E-state index in [0.717, 1.165) is 11.8 Å². The van der Waals surface area contributed by atoms with Crippen LogP contribution in [-0.4, -0.2) is 13.1 Å². The smallest absolute Gasteiger partial charge is 0.345 e. The minimum Gasteiger partial charge on any atom is -0.465 e. The second-order valence-electron chi connectivity index (χ2n) is 3.47. The molecule has 0 unspecified atom stereocenters. The molecule has 0 saturated carbocycles. The van der Waals surface area contributed by atoms with Gasteiger partial charge in [-0.25, -0.2) is 4.79 Å². The molecule has 16 heavy (non-hydrogen) atoms. The van der Waals surface area contributed by atoms with Gasteiger partial charge in [-0.05, 0) is 19.1 Å². The fourth-order valence-electron chi connectivity index (χ4n) is 1.50. The number of carbonyl (C=O) groups excluding carboxylic acids is 1. The van der Waals surface area contributed by atoms with E-state index >= 15 is 0 Å². The topological polar surface area (TPSA) is 56.5 Å². The summed E-state index contributed by atoms with van der Waals surface area (Å²) in [5.74, 6) is -0.683. The van der Waals surface area contributed by atoms with Gasteiger partial charge in [-0.3, -0.25) is 4.79 Å². The number of fused-ring (bicyclic) bond motifs is 1. The molecule has 2 rings (SSSR count). The van der Waals surface area contributed by atoms with Gasteiger partial charge in [-0.2, -0.15) is 0 Å². The number of benzene rings is 1. The summed E-state index contributed by atoms with van der Waals surface area (Å²) < 4.78 is 9.70. The first-order valence-electron chi connectivity index (χ1n) is 4.74. The highest BCUT2D eigenvalue weighted by atomic mass is 16.5. The molecule has 0 fully saturated rings. The average Bonchev–Trinajstić information content (AvgIpc) is 2.29. The number of hydrogen-bond acceptors (Lipinski definition) is 4. The third kappa shape index (κ3) is 1.58. The van der Waals surface area contributed by atoms with E-state index in [9.17, 15) is 9.59 Å². The molecule has 0 saturated heterocycles. The first kappa shape index (κ1) is 10.4. The molecule has 0 atom stereocenters. The largest absolute Gasteiger partial charge is 0.465 e. The van der Waals surface area contributed by atoms with Crippen LogP contribution in [0, 0.1) is 6.92 Å². The normalized spacial score (nSPS) is 10.4. The van der Waals surface area contributed by atoms with Gasteiger partial charge in [0.1, 0.15) is 17.4 Å². The zero-order valence-electron chi connectivity index (χ0n) is 8.94. The Morgan fingerprint density at radius 3 is 2.81 bits per heavy atom. The van der Waals surface area contributed by atoms with Gasteiger partial charge in [0.15, 0.2) is 0 Å². The summed E-state index contributed by atoms with van der Waals surface area (Å²) in [4.78, 5) is 23.2. The standard InChI is InChI=1S/C12H10O4/c1-7-3-4-10-8(5-7)11(13)9(6-16-10)12(14)15-2/h3-6H,1-2H3. The zero-order chi connectivity index (χ0) is 11.7. The molecule has 0 aliphatic heterocycles. The third-order valence-electron chi connectivity index (χ3n) is 2.33. The quantitative estimate of drug-likeness (QED) is 0.686.